The van der Waals surface area contributed by atoms with Crippen LogP contribution in [0.25, 0.3) is 0 Å². The van der Waals surface area contributed by atoms with Gasteiger partial charge in [0, 0.05) is 22.4 Å². The van der Waals surface area contributed by atoms with E-state index in [0.29, 0.717) is 0 Å². The zero-order valence-corrected chi connectivity index (χ0v) is 21.4. The van der Waals surface area contributed by atoms with Crippen molar-refractivity contribution in [3.05, 3.63) is 0 Å². The third-order valence-corrected chi connectivity index (χ3v) is 0. The summed E-state index contributed by atoms with van der Waals surface area (Å²) in [4.78, 5) is 0. The van der Waals surface area contributed by atoms with E-state index in [4.69, 9.17) is 0 Å². The van der Waals surface area contributed by atoms with Crippen LogP contribution < -0.4 is 58.2 Å². The minimum Gasteiger partial charge on any atom is -1.00 e. The monoisotopic (exact) mass is 832 g/mol. The maximum absolute atomic E-state index is 0. The average molecular weight is 834 g/mol. The van der Waals surface area contributed by atoms with E-state index < -0.39 is 0 Å². The molecule has 0 atom stereocenters. The van der Waals surface area contributed by atoms with Crippen molar-refractivity contribution in [3.63, 3.8) is 0 Å². The molecule has 0 N–H and O–H groups in total. The van der Waals surface area contributed by atoms with Gasteiger partial charge < -0.3 is 1.43 Å². The first-order valence-electron chi connectivity index (χ1n) is 0. The van der Waals surface area contributed by atoms with Gasteiger partial charge in [0.2, 0.25) is 0 Å². The number of hydrogen-bond donors (Lipinski definition) is 0. The second kappa shape index (κ2) is 39.8. The van der Waals surface area contributed by atoms with Gasteiger partial charge in [-0.2, -0.15) is 0 Å². The molecule has 0 aliphatic heterocycles. The molecule has 0 aliphatic rings. The first kappa shape index (κ1) is 51.1. The SMILES string of the molecule is I.I.I.I.I.[Ag].[H-].[Rb+]. The molecule has 0 saturated heterocycles. The quantitative estimate of drug-likeness (QED) is 0.242. The summed E-state index contributed by atoms with van der Waals surface area (Å²) in [6, 6.07) is 0. The summed E-state index contributed by atoms with van der Waals surface area (Å²) in [5.41, 5.74) is 0. The second-order valence-electron chi connectivity index (χ2n) is 0. The average Bonchev–Trinajstić information content (AvgIpc) is 0. The molecule has 7 heavy (non-hydrogen) atoms. The largest absolute Gasteiger partial charge is 1.00 e. The molecule has 0 spiro atoms. The molecule has 0 amide bonds. The minimum absolute atomic E-state index is 0. The molecule has 0 aromatic heterocycles. The molecule has 0 rings (SSSR count). The molecule has 0 saturated carbocycles. The van der Waals surface area contributed by atoms with Crippen LogP contribution in [0.5, 0.6) is 0 Å². The predicted octanol–water partition coefficient (Wildman–Crippen LogP) is 0.204. The molecule has 53 valence electrons. The van der Waals surface area contributed by atoms with Gasteiger partial charge >= 0.3 is 58.2 Å². The van der Waals surface area contributed by atoms with Gasteiger partial charge in [0.1, 0.15) is 0 Å². The predicted molar refractivity (Wildman–Crippen MR) is 78.2 cm³/mol. The van der Waals surface area contributed by atoms with E-state index in [1.165, 1.54) is 0 Å². The Morgan fingerprint density at radius 2 is 0.571 bits per heavy atom. The fraction of sp³-hybridized carbons (Fsp3) is 0. The van der Waals surface area contributed by atoms with Gasteiger partial charge in [-0.05, 0) is 0 Å². The Labute approximate surface area is 195 Å². The smallest absolute Gasteiger partial charge is 1.00 e. The molecule has 1 radical (unpaired) electrons. The zero-order chi connectivity index (χ0) is 0. The van der Waals surface area contributed by atoms with Gasteiger partial charge in [0.25, 0.3) is 0 Å². The Kier molecular flexibility index (Phi) is 291. The molecular weight excluding hydrogens is 828 g/mol. The van der Waals surface area contributed by atoms with Crippen LogP contribution in [0.1, 0.15) is 1.43 Å². The van der Waals surface area contributed by atoms with Crippen molar-refractivity contribution < 1.29 is 82.0 Å². The maximum atomic E-state index is 0. The molecule has 0 aromatic carbocycles. The third-order valence-electron chi connectivity index (χ3n) is 0. The second-order valence-corrected chi connectivity index (χ2v) is 0. The molecule has 0 unspecified atom stereocenters. The summed E-state index contributed by atoms with van der Waals surface area (Å²) in [6.07, 6.45) is 0. The van der Waals surface area contributed by atoms with Crippen molar-refractivity contribution >= 4 is 120 Å². The fourth-order valence-corrected chi connectivity index (χ4v) is 0. The van der Waals surface area contributed by atoms with E-state index in [1.54, 1.807) is 0 Å². The standard InChI is InChI=1S/Ag.5HI.Rb.H/h;5*1H;;/q;;;;;;+1;-1. The van der Waals surface area contributed by atoms with Crippen molar-refractivity contribution in [1.82, 2.24) is 0 Å². The summed E-state index contributed by atoms with van der Waals surface area (Å²) in [5.74, 6) is 0. The third kappa shape index (κ3) is 33.0. The van der Waals surface area contributed by atoms with Crippen molar-refractivity contribution in [2.24, 2.45) is 0 Å². The maximum Gasteiger partial charge on any atom is 1.00 e. The Hall–Kier alpha value is 6.20. The Morgan fingerprint density at radius 1 is 0.571 bits per heavy atom. The van der Waals surface area contributed by atoms with Crippen LogP contribution in [-0.4, -0.2) is 0 Å². The van der Waals surface area contributed by atoms with Crippen LogP contribution in [0.2, 0.25) is 0 Å². The van der Waals surface area contributed by atoms with Crippen molar-refractivity contribution in [1.29, 1.82) is 0 Å². The van der Waals surface area contributed by atoms with Crippen LogP contribution in [-0.2, 0) is 22.4 Å². The molecule has 0 bridgehead atoms. The van der Waals surface area contributed by atoms with E-state index in [-0.39, 0.29) is 202 Å². The summed E-state index contributed by atoms with van der Waals surface area (Å²) in [5, 5.41) is 0. The van der Waals surface area contributed by atoms with E-state index in [1.807, 2.05) is 0 Å². The van der Waals surface area contributed by atoms with Gasteiger partial charge in [-0.25, -0.2) is 0 Å². The molecule has 0 aromatic rings. The van der Waals surface area contributed by atoms with Gasteiger partial charge in [0.05, 0.1) is 0 Å². The molecule has 7 heteroatoms. The first-order valence-corrected chi connectivity index (χ1v) is 0. The normalized spacial score (nSPS) is 0. The van der Waals surface area contributed by atoms with E-state index >= 15 is 0 Å². The summed E-state index contributed by atoms with van der Waals surface area (Å²) in [6.45, 7) is 0. The summed E-state index contributed by atoms with van der Waals surface area (Å²) in [7, 11) is 0. The van der Waals surface area contributed by atoms with Gasteiger partial charge in [-0.15, -0.1) is 120 Å². The van der Waals surface area contributed by atoms with Crippen LogP contribution in [0.15, 0.2) is 0 Å². The number of halogens is 5. The Bertz CT molecular complexity index is 12.4. The molecule has 0 nitrogen and oxygen atoms in total. The van der Waals surface area contributed by atoms with Crippen LogP contribution in [0.3, 0.4) is 0 Å². The topological polar surface area (TPSA) is 0 Å². The number of rotatable bonds is 0. The summed E-state index contributed by atoms with van der Waals surface area (Å²) < 4.78 is 0. The van der Waals surface area contributed by atoms with Crippen molar-refractivity contribution in [2.75, 3.05) is 0 Å². The van der Waals surface area contributed by atoms with E-state index in [0.717, 1.165) is 0 Å². The molecule has 0 heterocycles. The van der Waals surface area contributed by atoms with E-state index in [9.17, 15) is 0 Å². The fourth-order valence-electron chi connectivity index (χ4n) is 0. The van der Waals surface area contributed by atoms with Crippen LogP contribution in [0, 0.1) is 0 Å². The minimum atomic E-state index is 0. The van der Waals surface area contributed by atoms with Crippen LogP contribution in [0.4, 0.5) is 0 Å². The van der Waals surface area contributed by atoms with Gasteiger partial charge in [-0.1, -0.05) is 0 Å². The van der Waals surface area contributed by atoms with Gasteiger partial charge in [0.15, 0.2) is 0 Å². The first-order chi connectivity index (χ1) is 0. The molecule has 0 aliphatic carbocycles. The van der Waals surface area contributed by atoms with Crippen LogP contribution >= 0.6 is 120 Å². The van der Waals surface area contributed by atoms with E-state index in [2.05, 4.69) is 0 Å². The molecular formula is H6AgI5Rb. The van der Waals surface area contributed by atoms with Gasteiger partial charge in [-0.3, -0.25) is 0 Å². The molecule has 0 fully saturated rings. The Balaban J connectivity index is 0. The Morgan fingerprint density at radius 3 is 0.571 bits per heavy atom. The number of hydrogen-bond acceptors (Lipinski definition) is 0. The summed E-state index contributed by atoms with van der Waals surface area (Å²) >= 11 is 0. The van der Waals surface area contributed by atoms with Crippen molar-refractivity contribution in [2.45, 2.75) is 0 Å². The van der Waals surface area contributed by atoms with Crippen molar-refractivity contribution in [3.8, 4) is 0 Å². The zero-order valence-electron chi connectivity index (χ0n) is 4.34.